The molecule has 0 saturated carbocycles. The number of ether oxygens (including phenoxy) is 1. The van der Waals surface area contributed by atoms with Crippen LogP contribution < -0.4 is 10.1 Å². The maximum absolute atomic E-state index is 12.0. The van der Waals surface area contributed by atoms with Crippen LogP contribution in [0, 0.1) is 0 Å². The average molecular weight is 321 g/mol. The first kappa shape index (κ1) is 15.8. The van der Waals surface area contributed by atoms with Gasteiger partial charge in [-0.15, -0.1) is 6.58 Å². The summed E-state index contributed by atoms with van der Waals surface area (Å²) in [4.78, 5) is 16.6. The van der Waals surface area contributed by atoms with Crippen molar-refractivity contribution in [1.82, 2.24) is 14.9 Å². The number of carbonyl (C=O) groups excluding carboxylic acids is 1. The lowest BCUT2D eigenvalue weighted by Gasteiger charge is -2.09. The first-order valence-corrected chi connectivity index (χ1v) is 7.77. The van der Waals surface area contributed by atoms with Gasteiger partial charge in [-0.3, -0.25) is 4.79 Å². The number of benzene rings is 2. The van der Waals surface area contributed by atoms with E-state index in [0.29, 0.717) is 18.8 Å². The van der Waals surface area contributed by atoms with Gasteiger partial charge in [-0.05, 0) is 24.3 Å². The molecule has 24 heavy (non-hydrogen) atoms. The highest BCUT2D eigenvalue weighted by atomic mass is 16.5. The Bertz CT molecular complexity index is 840. The van der Waals surface area contributed by atoms with E-state index in [1.807, 2.05) is 65.2 Å². The van der Waals surface area contributed by atoms with Gasteiger partial charge in [0.05, 0.1) is 17.6 Å². The van der Waals surface area contributed by atoms with Crippen molar-refractivity contribution < 1.29 is 9.53 Å². The molecule has 5 heteroatoms. The normalized spacial score (nSPS) is 10.5. The molecule has 0 aliphatic carbocycles. The Morgan fingerprint density at radius 3 is 2.71 bits per heavy atom. The second-order valence-electron chi connectivity index (χ2n) is 5.29. The van der Waals surface area contributed by atoms with E-state index < -0.39 is 0 Å². The van der Waals surface area contributed by atoms with Crippen molar-refractivity contribution in [3.05, 3.63) is 73.1 Å². The third-order valence-electron chi connectivity index (χ3n) is 3.60. The SMILES string of the molecule is C=CCn1c(CNC(=O)COc2ccccc2)nc2ccccc21. The van der Waals surface area contributed by atoms with E-state index in [0.717, 1.165) is 16.9 Å². The number of fused-ring (bicyclic) bond motifs is 1. The first-order chi connectivity index (χ1) is 11.8. The topological polar surface area (TPSA) is 56.2 Å². The molecule has 3 aromatic rings. The minimum atomic E-state index is -0.184. The Morgan fingerprint density at radius 2 is 1.92 bits per heavy atom. The Labute approximate surface area is 140 Å². The molecular formula is C19H19N3O2. The van der Waals surface area contributed by atoms with Crippen LogP contribution >= 0.6 is 0 Å². The third kappa shape index (κ3) is 3.63. The predicted molar refractivity (Wildman–Crippen MR) is 93.7 cm³/mol. The molecule has 0 radical (unpaired) electrons. The fourth-order valence-electron chi connectivity index (χ4n) is 2.49. The summed E-state index contributed by atoms with van der Waals surface area (Å²) in [7, 11) is 0. The van der Waals surface area contributed by atoms with E-state index in [4.69, 9.17) is 4.74 Å². The van der Waals surface area contributed by atoms with Crippen molar-refractivity contribution in [3.8, 4) is 5.75 Å². The number of para-hydroxylation sites is 3. The molecule has 5 nitrogen and oxygen atoms in total. The van der Waals surface area contributed by atoms with E-state index in [1.165, 1.54) is 0 Å². The molecule has 1 heterocycles. The predicted octanol–water partition coefficient (Wildman–Crippen LogP) is 2.92. The third-order valence-corrected chi connectivity index (χ3v) is 3.60. The Morgan fingerprint density at radius 1 is 1.17 bits per heavy atom. The zero-order chi connectivity index (χ0) is 16.8. The van der Waals surface area contributed by atoms with Gasteiger partial charge in [0.15, 0.2) is 6.61 Å². The van der Waals surface area contributed by atoms with E-state index in [-0.39, 0.29) is 12.5 Å². The number of hydrogen-bond donors (Lipinski definition) is 1. The van der Waals surface area contributed by atoms with Crippen molar-refractivity contribution >= 4 is 16.9 Å². The fraction of sp³-hybridized carbons (Fsp3) is 0.158. The van der Waals surface area contributed by atoms with Crippen LogP contribution in [0.5, 0.6) is 5.75 Å². The van der Waals surface area contributed by atoms with E-state index in [1.54, 1.807) is 0 Å². The summed E-state index contributed by atoms with van der Waals surface area (Å²) in [6.45, 7) is 4.76. The minimum absolute atomic E-state index is 0.0221. The monoisotopic (exact) mass is 321 g/mol. The number of amides is 1. The Kier molecular flexibility index (Phi) is 4.91. The minimum Gasteiger partial charge on any atom is -0.484 e. The summed E-state index contributed by atoms with van der Waals surface area (Å²) in [5, 5.41) is 2.85. The number of hydrogen-bond acceptors (Lipinski definition) is 3. The van der Waals surface area contributed by atoms with Crippen LogP contribution in [0.4, 0.5) is 0 Å². The van der Waals surface area contributed by atoms with Crippen LogP contribution in [-0.2, 0) is 17.9 Å². The van der Waals surface area contributed by atoms with Gasteiger partial charge in [-0.2, -0.15) is 0 Å². The van der Waals surface area contributed by atoms with E-state index in [2.05, 4.69) is 16.9 Å². The average Bonchev–Trinajstić information content (AvgIpc) is 2.97. The van der Waals surface area contributed by atoms with Gasteiger partial charge in [0.1, 0.15) is 11.6 Å². The number of nitrogens with one attached hydrogen (secondary N) is 1. The molecule has 0 atom stereocenters. The number of allylic oxidation sites excluding steroid dienone is 1. The molecule has 1 N–H and O–H groups in total. The van der Waals surface area contributed by atoms with Gasteiger partial charge in [0.2, 0.25) is 0 Å². The molecule has 0 unspecified atom stereocenters. The largest absolute Gasteiger partial charge is 0.484 e. The molecule has 1 aromatic heterocycles. The fourth-order valence-corrected chi connectivity index (χ4v) is 2.49. The molecule has 0 saturated heterocycles. The molecule has 3 rings (SSSR count). The van der Waals surface area contributed by atoms with Gasteiger partial charge < -0.3 is 14.6 Å². The lowest BCUT2D eigenvalue weighted by atomic mass is 10.3. The number of nitrogens with zero attached hydrogens (tertiary/aromatic N) is 2. The zero-order valence-electron chi connectivity index (χ0n) is 13.3. The van der Waals surface area contributed by atoms with E-state index >= 15 is 0 Å². The van der Waals surface area contributed by atoms with Crippen LogP contribution in [-0.4, -0.2) is 22.1 Å². The van der Waals surface area contributed by atoms with Gasteiger partial charge in [-0.1, -0.05) is 36.4 Å². The number of imidazole rings is 1. The second kappa shape index (κ2) is 7.46. The molecule has 0 aliphatic rings. The maximum atomic E-state index is 12.0. The van der Waals surface area contributed by atoms with E-state index in [9.17, 15) is 4.79 Å². The molecule has 2 aromatic carbocycles. The first-order valence-electron chi connectivity index (χ1n) is 7.77. The second-order valence-corrected chi connectivity index (χ2v) is 5.29. The van der Waals surface area contributed by atoms with Crippen LogP contribution in [0.1, 0.15) is 5.82 Å². The van der Waals surface area contributed by atoms with Gasteiger partial charge in [0, 0.05) is 6.54 Å². The molecule has 122 valence electrons. The lowest BCUT2D eigenvalue weighted by molar-refractivity contribution is -0.123. The summed E-state index contributed by atoms with van der Waals surface area (Å²) in [6, 6.07) is 17.2. The Balaban J connectivity index is 1.63. The van der Waals surface area contributed by atoms with Crippen LogP contribution in [0.3, 0.4) is 0 Å². The molecule has 1 amide bonds. The highest BCUT2D eigenvalue weighted by Crippen LogP contribution is 2.16. The smallest absolute Gasteiger partial charge is 0.258 e. The van der Waals surface area contributed by atoms with Crippen molar-refractivity contribution in [1.29, 1.82) is 0 Å². The van der Waals surface area contributed by atoms with Gasteiger partial charge in [-0.25, -0.2) is 4.98 Å². The highest BCUT2D eigenvalue weighted by Gasteiger charge is 2.10. The van der Waals surface area contributed by atoms with Gasteiger partial charge >= 0.3 is 0 Å². The summed E-state index contributed by atoms with van der Waals surface area (Å²) < 4.78 is 7.48. The molecule has 0 bridgehead atoms. The van der Waals surface area contributed by atoms with Crippen LogP contribution in [0.25, 0.3) is 11.0 Å². The van der Waals surface area contributed by atoms with Crippen molar-refractivity contribution in [2.24, 2.45) is 0 Å². The molecule has 0 aliphatic heterocycles. The van der Waals surface area contributed by atoms with Gasteiger partial charge in [0.25, 0.3) is 5.91 Å². The zero-order valence-corrected chi connectivity index (χ0v) is 13.3. The summed E-state index contributed by atoms with van der Waals surface area (Å²) in [5.74, 6) is 1.28. The molecule has 0 spiro atoms. The number of carbonyl (C=O) groups is 1. The molecular weight excluding hydrogens is 302 g/mol. The van der Waals surface area contributed by atoms with Crippen molar-refractivity contribution in [2.75, 3.05) is 6.61 Å². The van der Waals surface area contributed by atoms with Crippen LogP contribution in [0.15, 0.2) is 67.3 Å². The highest BCUT2D eigenvalue weighted by molar-refractivity contribution is 5.78. The summed E-state index contributed by atoms with van der Waals surface area (Å²) >= 11 is 0. The maximum Gasteiger partial charge on any atom is 0.258 e. The van der Waals surface area contributed by atoms with Crippen LogP contribution in [0.2, 0.25) is 0 Å². The number of aromatic nitrogens is 2. The van der Waals surface area contributed by atoms with Crippen molar-refractivity contribution in [2.45, 2.75) is 13.1 Å². The summed E-state index contributed by atoms with van der Waals surface area (Å²) in [5.41, 5.74) is 1.94. The summed E-state index contributed by atoms with van der Waals surface area (Å²) in [6.07, 6.45) is 1.82. The Hall–Kier alpha value is -3.08. The lowest BCUT2D eigenvalue weighted by Crippen LogP contribution is -2.29. The number of rotatable bonds is 7. The molecule has 0 fully saturated rings. The van der Waals surface area contributed by atoms with Crippen molar-refractivity contribution in [3.63, 3.8) is 0 Å². The standard InChI is InChI=1S/C19H19N3O2/c1-2-12-22-17-11-7-6-10-16(17)21-18(22)13-20-19(23)14-24-15-8-4-3-5-9-15/h2-11H,1,12-14H2,(H,20,23). The quantitative estimate of drug-likeness (QED) is 0.681.